The second kappa shape index (κ2) is 13.3. The third kappa shape index (κ3) is 6.81. The van der Waals surface area contributed by atoms with Gasteiger partial charge in [0, 0.05) is 31.0 Å². The summed E-state index contributed by atoms with van der Waals surface area (Å²) in [4.78, 5) is 47.8. The van der Waals surface area contributed by atoms with E-state index in [1.165, 1.54) is 0 Å². The molecule has 2 aromatic rings. The van der Waals surface area contributed by atoms with E-state index in [0.29, 0.717) is 58.7 Å². The molecule has 1 aliphatic heterocycles. The number of hydrogen-bond acceptors (Lipinski definition) is 9. The van der Waals surface area contributed by atoms with Gasteiger partial charge in [0.1, 0.15) is 23.1 Å². The van der Waals surface area contributed by atoms with Gasteiger partial charge in [0.15, 0.2) is 0 Å². The summed E-state index contributed by atoms with van der Waals surface area (Å²) in [5, 5.41) is 3.05. The van der Waals surface area contributed by atoms with Crippen molar-refractivity contribution in [3.8, 4) is 17.4 Å². The normalized spacial score (nSPS) is 28.8. The van der Waals surface area contributed by atoms with Gasteiger partial charge < -0.3 is 24.4 Å². The monoisotopic (exact) mass is 732 g/mol. The van der Waals surface area contributed by atoms with Crippen LogP contribution in [0.5, 0.6) is 17.4 Å². The molecule has 12 nitrogen and oxygen atoms in total. The number of sulfonamides is 1. The topological polar surface area (TPSA) is 153 Å². The van der Waals surface area contributed by atoms with Crippen LogP contribution in [0.15, 0.2) is 34.8 Å². The molecule has 2 N–H and O–H groups in total. The number of halogens is 1. The third-order valence-corrected chi connectivity index (χ3v) is 12.2. The second-order valence-corrected chi connectivity index (χ2v) is 15.7. The highest BCUT2D eigenvalue weighted by Gasteiger charge is 2.62. The Kier molecular flexibility index (Phi) is 9.45. The molecule has 4 aliphatic rings. The molecule has 0 saturated heterocycles. The highest BCUT2D eigenvalue weighted by molar-refractivity contribution is 9.10. The number of nitrogens with one attached hydrogen (secondary N) is 2. The molecule has 1 aromatic carbocycles. The highest BCUT2D eigenvalue weighted by atomic mass is 79.9. The van der Waals surface area contributed by atoms with E-state index in [1.807, 2.05) is 25.1 Å². The predicted octanol–water partition coefficient (Wildman–Crippen LogP) is 3.86. The lowest BCUT2D eigenvalue weighted by molar-refractivity contribution is -0.140. The zero-order valence-electron chi connectivity index (χ0n) is 26.8. The average Bonchev–Trinajstić information content (AvgIpc) is 3.96. The maximum atomic E-state index is 14.1. The molecule has 3 fully saturated rings. The first-order chi connectivity index (χ1) is 22.5. The van der Waals surface area contributed by atoms with Crippen LogP contribution in [0.25, 0.3) is 10.9 Å². The van der Waals surface area contributed by atoms with E-state index in [1.54, 1.807) is 31.2 Å². The maximum Gasteiger partial charge on any atom is 0.259 e. The molecular formula is C33H41BrN4O8S. The second-order valence-electron chi connectivity index (χ2n) is 12.9. The Morgan fingerprint density at radius 3 is 2.66 bits per heavy atom. The summed E-state index contributed by atoms with van der Waals surface area (Å²) >= 11 is 3.58. The summed E-state index contributed by atoms with van der Waals surface area (Å²) in [5.41, 5.74) is -0.811. The van der Waals surface area contributed by atoms with E-state index >= 15 is 0 Å². The van der Waals surface area contributed by atoms with Crippen molar-refractivity contribution in [2.75, 3.05) is 27.3 Å². The first-order valence-corrected chi connectivity index (χ1v) is 18.6. The van der Waals surface area contributed by atoms with Gasteiger partial charge in [0.05, 0.1) is 40.8 Å². The van der Waals surface area contributed by atoms with Crippen molar-refractivity contribution in [2.24, 2.45) is 17.8 Å². The molecule has 0 bridgehead atoms. The number of allylic oxidation sites excluding steroid dienone is 1. The number of methoxy groups -OCH3 is 1. The largest absolute Gasteiger partial charge is 0.495 e. The molecule has 0 radical (unpaired) electrons. The lowest BCUT2D eigenvalue weighted by Crippen LogP contribution is -2.54. The SMILES string of the molecule is CCOc1cc(OC2CC3C(=O)NC4(C(=O)NS(=O)(=O)C5CC5)CC4/C=C/CCCCN(C)C(=O)C3C2)c2ccc(OC)c(Br)c2n1. The third-order valence-electron chi connectivity index (χ3n) is 9.63. The Hall–Kier alpha value is -3.39. The fourth-order valence-electron chi connectivity index (χ4n) is 6.73. The Labute approximate surface area is 283 Å². The van der Waals surface area contributed by atoms with Crippen LogP contribution in [-0.4, -0.2) is 80.2 Å². The number of fused-ring (bicyclic) bond motifs is 3. The standard InChI is InChI=1S/C33H41BrN4O8S/c1-4-45-27-17-26(22-12-13-25(44-3)28(34)29(22)35-27)46-20-15-23-24(16-20)31(40)38(2)14-8-6-5-7-9-19-18-33(19,36-30(23)39)32(41)37-47(42,43)21-10-11-21/h7,9,12-13,17,19-21,23-24H,4-6,8,10-11,14-16,18H2,1-3H3,(H,36,39)(H,37,41)/b9-7+. The van der Waals surface area contributed by atoms with Crippen LogP contribution >= 0.6 is 15.9 Å². The predicted molar refractivity (Wildman–Crippen MR) is 177 cm³/mol. The van der Waals surface area contributed by atoms with Gasteiger partial charge >= 0.3 is 0 Å². The quantitative estimate of drug-likeness (QED) is 0.386. The molecule has 5 unspecified atom stereocenters. The number of amides is 3. The van der Waals surface area contributed by atoms with Crippen LogP contribution in [0.3, 0.4) is 0 Å². The number of aromatic nitrogens is 1. The summed E-state index contributed by atoms with van der Waals surface area (Å²) in [7, 11) is -0.503. The summed E-state index contributed by atoms with van der Waals surface area (Å²) < 4.78 is 46.0. The number of nitrogens with zero attached hydrogens (tertiary/aromatic N) is 2. The van der Waals surface area contributed by atoms with Crippen molar-refractivity contribution < 1.29 is 37.0 Å². The number of hydrogen-bond donors (Lipinski definition) is 2. The molecule has 1 aromatic heterocycles. The van der Waals surface area contributed by atoms with Gasteiger partial charge in [-0.05, 0) is 86.4 Å². The van der Waals surface area contributed by atoms with Crippen LogP contribution in [0.4, 0.5) is 0 Å². The van der Waals surface area contributed by atoms with E-state index < -0.39 is 50.6 Å². The molecular weight excluding hydrogens is 692 g/mol. The molecule has 3 saturated carbocycles. The van der Waals surface area contributed by atoms with E-state index in [4.69, 9.17) is 14.2 Å². The summed E-state index contributed by atoms with van der Waals surface area (Å²) in [6.07, 6.45) is 7.55. The minimum absolute atomic E-state index is 0.159. The van der Waals surface area contributed by atoms with E-state index in [2.05, 4.69) is 31.0 Å². The molecule has 6 rings (SSSR count). The van der Waals surface area contributed by atoms with Crippen molar-refractivity contribution >= 4 is 54.6 Å². The van der Waals surface area contributed by atoms with Crippen LogP contribution < -0.4 is 24.2 Å². The highest BCUT2D eigenvalue weighted by Crippen LogP contribution is 2.47. The van der Waals surface area contributed by atoms with Gasteiger partial charge in [-0.15, -0.1) is 0 Å². The van der Waals surface area contributed by atoms with Crippen LogP contribution in [0, 0.1) is 17.8 Å². The zero-order chi connectivity index (χ0) is 33.5. The first kappa shape index (κ1) is 33.5. The van der Waals surface area contributed by atoms with E-state index in [9.17, 15) is 22.8 Å². The van der Waals surface area contributed by atoms with Crippen molar-refractivity contribution in [1.82, 2.24) is 19.9 Å². The summed E-state index contributed by atoms with van der Waals surface area (Å²) in [6.45, 7) is 2.80. The van der Waals surface area contributed by atoms with Gasteiger partial charge in [-0.1, -0.05) is 12.2 Å². The molecule has 0 spiro atoms. The van der Waals surface area contributed by atoms with Gasteiger partial charge in [-0.3, -0.25) is 19.1 Å². The molecule has 3 amide bonds. The molecule has 47 heavy (non-hydrogen) atoms. The van der Waals surface area contributed by atoms with Crippen LogP contribution in [-0.2, 0) is 24.4 Å². The molecule has 5 atom stereocenters. The first-order valence-electron chi connectivity index (χ1n) is 16.2. The zero-order valence-corrected chi connectivity index (χ0v) is 29.2. The molecule has 3 aliphatic carbocycles. The molecule has 2 heterocycles. The average molecular weight is 734 g/mol. The maximum absolute atomic E-state index is 14.1. The van der Waals surface area contributed by atoms with Gasteiger partial charge in [0.25, 0.3) is 5.91 Å². The lowest BCUT2D eigenvalue weighted by Gasteiger charge is -2.26. The Bertz CT molecular complexity index is 1710. The van der Waals surface area contributed by atoms with Crippen molar-refractivity contribution in [3.63, 3.8) is 0 Å². The minimum atomic E-state index is -3.82. The Balaban J connectivity index is 1.30. The molecule has 14 heteroatoms. The number of benzene rings is 1. The summed E-state index contributed by atoms with van der Waals surface area (Å²) in [6, 6.07) is 5.35. The molecule has 254 valence electrons. The van der Waals surface area contributed by atoms with E-state index in [-0.39, 0.29) is 31.1 Å². The van der Waals surface area contributed by atoms with Crippen LogP contribution in [0.2, 0.25) is 0 Å². The lowest BCUT2D eigenvalue weighted by atomic mass is 9.93. The smallest absolute Gasteiger partial charge is 0.259 e. The number of ether oxygens (including phenoxy) is 3. The van der Waals surface area contributed by atoms with E-state index in [0.717, 1.165) is 19.3 Å². The fourth-order valence-corrected chi connectivity index (χ4v) is 8.69. The van der Waals surface area contributed by atoms with Gasteiger partial charge in [-0.25, -0.2) is 13.4 Å². The van der Waals surface area contributed by atoms with Crippen molar-refractivity contribution in [3.05, 3.63) is 34.8 Å². The van der Waals surface area contributed by atoms with Crippen molar-refractivity contribution in [2.45, 2.75) is 75.2 Å². The Morgan fingerprint density at radius 1 is 1.17 bits per heavy atom. The number of pyridine rings is 1. The fraction of sp³-hybridized carbons (Fsp3) is 0.576. The van der Waals surface area contributed by atoms with Crippen LogP contribution in [0.1, 0.15) is 58.3 Å². The number of carbonyl (C=O) groups is 3. The van der Waals surface area contributed by atoms with Gasteiger partial charge in [0.2, 0.25) is 27.7 Å². The van der Waals surface area contributed by atoms with Gasteiger partial charge in [-0.2, -0.15) is 0 Å². The van der Waals surface area contributed by atoms with Crippen molar-refractivity contribution in [1.29, 1.82) is 0 Å². The Morgan fingerprint density at radius 2 is 1.94 bits per heavy atom. The number of carbonyl (C=O) groups excluding carboxylic acids is 3. The minimum Gasteiger partial charge on any atom is -0.495 e. The summed E-state index contributed by atoms with van der Waals surface area (Å²) in [5.74, 6) is -1.73. The number of rotatable bonds is 8.